The van der Waals surface area contributed by atoms with Crippen molar-refractivity contribution in [1.29, 1.82) is 0 Å². The van der Waals surface area contributed by atoms with Crippen LogP contribution in [-0.2, 0) is 6.18 Å². The molecule has 15 heavy (non-hydrogen) atoms. The number of aromatic nitrogens is 1. The number of pyridine rings is 1. The Kier molecular flexibility index (Phi) is 1.99. The van der Waals surface area contributed by atoms with Crippen molar-refractivity contribution in [3.8, 4) is 0 Å². The highest BCUT2D eigenvalue weighted by Gasteiger charge is 2.34. The van der Waals surface area contributed by atoms with Crippen LogP contribution >= 0.6 is 0 Å². The van der Waals surface area contributed by atoms with E-state index in [0.717, 1.165) is 16.5 Å². The molecular formula is C10H7F4N. The van der Waals surface area contributed by atoms with Gasteiger partial charge in [-0.2, -0.15) is 17.6 Å². The van der Waals surface area contributed by atoms with Gasteiger partial charge in [-0.3, -0.25) is 4.40 Å². The molecule has 0 aliphatic carbocycles. The lowest BCUT2D eigenvalue weighted by atomic mass is 10.2. The van der Waals surface area contributed by atoms with Crippen molar-refractivity contribution < 1.29 is 17.6 Å². The summed E-state index contributed by atoms with van der Waals surface area (Å²) in [7, 11) is 0. The van der Waals surface area contributed by atoms with E-state index in [1.54, 1.807) is 0 Å². The van der Waals surface area contributed by atoms with Gasteiger partial charge >= 0.3 is 6.18 Å². The Bertz CT molecular complexity index is 510. The van der Waals surface area contributed by atoms with Crippen LogP contribution in [0.2, 0.25) is 0 Å². The molecule has 0 fully saturated rings. The molecule has 0 radical (unpaired) electrons. The van der Waals surface area contributed by atoms with E-state index in [4.69, 9.17) is 0 Å². The first-order valence-electron chi connectivity index (χ1n) is 4.25. The predicted molar refractivity (Wildman–Crippen MR) is 47.1 cm³/mol. The molecule has 0 aromatic carbocycles. The first kappa shape index (κ1) is 10.0. The van der Waals surface area contributed by atoms with Crippen LogP contribution in [0.5, 0.6) is 0 Å². The third-order valence-corrected chi connectivity index (χ3v) is 2.30. The van der Waals surface area contributed by atoms with Gasteiger partial charge in [-0.1, -0.05) is 6.07 Å². The maximum absolute atomic E-state index is 13.2. The smallest absolute Gasteiger partial charge is 0.290 e. The Labute approximate surface area is 82.9 Å². The number of halogens is 4. The molecular weight excluding hydrogens is 210 g/mol. The standard InChI is InChI=1S/C10H7F4N/c1-6-8(10(12,13)14)5-7-3-2-4-9(11)15(6)7/h2-5H,1H3. The molecule has 0 saturated carbocycles. The van der Waals surface area contributed by atoms with Gasteiger partial charge in [0, 0.05) is 11.2 Å². The SMILES string of the molecule is Cc1c(C(F)(F)F)cc2cccc(F)n12. The summed E-state index contributed by atoms with van der Waals surface area (Å²) in [5.41, 5.74) is -0.719. The summed E-state index contributed by atoms with van der Waals surface area (Å²) >= 11 is 0. The van der Waals surface area contributed by atoms with Crippen LogP contribution in [0, 0.1) is 12.9 Å². The highest BCUT2D eigenvalue weighted by molar-refractivity contribution is 5.54. The lowest BCUT2D eigenvalue weighted by Gasteiger charge is -2.05. The van der Waals surface area contributed by atoms with E-state index < -0.39 is 17.7 Å². The number of alkyl halides is 3. The van der Waals surface area contributed by atoms with Gasteiger partial charge in [0.05, 0.1) is 5.56 Å². The van der Waals surface area contributed by atoms with E-state index in [1.807, 2.05) is 0 Å². The fraction of sp³-hybridized carbons (Fsp3) is 0.200. The van der Waals surface area contributed by atoms with E-state index in [2.05, 4.69) is 0 Å². The quantitative estimate of drug-likeness (QED) is 0.470. The predicted octanol–water partition coefficient (Wildman–Crippen LogP) is 3.41. The van der Waals surface area contributed by atoms with Gasteiger partial charge in [0.2, 0.25) is 0 Å². The van der Waals surface area contributed by atoms with Gasteiger partial charge in [-0.05, 0) is 25.1 Å². The van der Waals surface area contributed by atoms with Crippen molar-refractivity contribution in [2.75, 3.05) is 0 Å². The van der Waals surface area contributed by atoms with Crippen LogP contribution in [0.3, 0.4) is 0 Å². The first-order chi connectivity index (χ1) is 6.91. The molecule has 2 aromatic rings. The lowest BCUT2D eigenvalue weighted by molar-refractivity contribution is -0.138. The maximum Gasteiger partial charge on any atom is 0.418 e. The van der Waals surface area contributed by atoms with Gasteiger partial charge in [-0.15, -0.1) is 0 Å². The van der Waals surface area contributed by atoms with Crippen LogP contribution in [0.1, 0.15) is 11.3 Å². The molecule has 5 heteroatoms. The summed E-state index contributed by atoms with van der Waals surface area (Å²) in [6.45, 7) is 1.25. The minimum absolute atomic E-state index is 0.129. The van der Waals surface area contributed by atoms with Crippen LogP contribution in [0.4, 0.5) is 17.6 Å². The molecule has 0 amide bonds. The molecule has 0 saturated heterocycles. The van der Waals surface area contributed by atoms with Gasteiger partial charge in [0.15, 0.2) is 5.95 Å². The number of nitrogens with zero attached hydrogens (tertiary/aromatic N) is 1. The van der Waals surface area contributed by atoms with E-state index in [9.17, 15) is 17.6 Å². The molecule has 0 aliphatic heterocycles. The van der Waals surface area contributed by atoms with Crippen LogP contribution in [0.15, 0.2) is 24.3 Å². The van der Waals surface area contributed by atoms with Gasteiger partial charge < -0.3 is 0 Å². The van der Waals surface area contributed by atoms with Crippen molar-refractivity contribution in [2.24, 2.45) is 0 Å². The molecule has 0 aliphatic rings. The van der Waals surface area contributed by atoms with E-state index >= 15 is 0 Å². The van der Waals surface area contributed by atoms with Gasteiger partial charge in [-0.25, -0.2) is 0 Å². The average molecular weight is 217 g/mol. The highest BCUT2D eigenvalue weighted by atomic mass is 19.4. The van der Waals surface area contributed by atoms with Crippen molar-refractivity contribution in [1.82, 2.24) is 4.40 Å². The number of aryl methyl sites for hydroxylation is 1. The Balaban J connectivity index is 2.82. The second kappa shape index (κ2) is 2.98. The summed E-state index contributed by atoms with van der Waals surface area (Å²) in [4.78, 5) is 0. The zero-order valence-electron chi connectivity index (χ0n) is 7.77. The molecule has 0 bridgehead atoms. The lowest BCUT2D eigenvalue weighted by Crippen LogP contribution is -2.06. The van der Waals surface area contributed by atoms with Crippen LogP contribution in [-0.4, -0.2) is 4.40 Å². The normalized spacial score (nSPS) is 12.3. The molecule has 2 aromatic heterocycles. The molecule has 2 rings (SSSR count). The Hall–Kier alpha value is -1.52. The fourth-order valence-corrected chi connectivity index (χ4v) is 1.62. The van der Waals surface area contributed by atoms with Gasteiger partial charge in [0.1, 0.15) is 0 Å². The Morgan fingerprint density at radius 1 is 1.20 bits per heavy atom. The molecule has 0 N–H and O–H groups in total. The summed E-state index contributed by atoms with van der Waals surface area (Å²) in [6, 6.07) is 4.88. The third-order valence-electron chi connectivity index (χ3n) is 2.30. The molecule has 1 nitrogen and oxygen atoms in total. The Morgan fingerprint density at radius 3 is 2.40 bits per heavy atom. The van der Waals surface area contributed by atoms with E-state index in [0.29, 0.717) is 0 Å². The second-order valence-electron chi connectivity index (χ2n) is 3.25. The van der Waals surface area contributed by atoms with Crippen LogP contribution in [0.25, 0.3) is 5.52 Å². The zero-order chi connectivity index (χ0) is 11.2. The minimum Gasteiger partial charge on any atom is -0.290 e. The number of rotatable bonds is 0. The molecule has 0 spiro atoms. The molecule has 2 heterocycles. The summed E-state index contributed by atoms with van der Waals surface area (Å²) < 4.78 is 51.6. The fourth-order valence-electron chi connectivity index (χ4n) is 1.62. The third kappa shape index (κ3) is 1.48. The summed E-state index contributed by atoms with van der Waals surface area (Å²) in [5, 5.41) is 0. The Morgan fingerprint density at radius 2 is 1.87 bits per heavy atom. The van der Waals surface area contributed by atoms with Crippen molar-refractivity contribution in [3.63, 3.8) is 0 Å². The summed E-state index contributed by atoms with van der Waals surface area (Å²) in [6.07, 6.45) is -4.44. The zero-order valence-corrected chi connectivity index (χ0v) is 7.77. The largest absolute Gasteiger partial charge is 0.418 e. The molecule has 0 atom stereocenters. The van der Waals surface area contributed by atoms with E-state index in [-0.39, 0.29) is 11.2 Å². The highest BCUT2D eigenvalue weighted by Crippen LogP contribution is 2.34. The number of hydrogen-bond donors (Lipinski definition) is 0. The first-order valence-corrected chi connectivity index (χ1v) is 4.25. The topological polar surface area (TPSA) is 4.41 Å². The molecule has 80 valence electrons. The molecule has 0 unspecified atom stereocenters. The van der Waals surface area contributed by atoms with E-state index in [1.165, 1.54) is 19.1 Å². The van der Waals surface area contributed by atoms with Crippen molar-refractivity contribution in [3.05, 3.63) is 41.5 Å². The van der Waals surface area contributed by atoms with Crippen molar-refractivity contribution in [2.45, 2.75) is 13.1 Å². The number of hydrogen-bond acceptors (Lipinski definition) is 0. The van der Waals surface area contributed by atoms with Crippen molar-refractivity contribution >= 4 is 5.52 Å². The van der Waals surface area contributed by atoms with Crippen LogP contribution < -0.4 is 0 Å². The number of fused-ring (bicyclic) bond motifs is 1. The second-order valence-corrected chi connectivity index (χ2v) is 3.25. The average Bonchev–Trinajstić information content (AvgIpc) is 2.44. The monoisotopic (exact) mass is 217 g/mol. The minimum atomic E-state index is -4.44. The summed E-state index contributed by atoms with van der Waals surface area (Å²) in [5.74, 6) is -0.694. The maximum atomic E-state index is 13.2. The van der Waals surface area contributed by atoms with Gasteiger partial charge in [0.25, 0.3) is 0 Å².